The normalized spacial score (nSPS) is 24.1. The maximum absolute atomic E-state index is 4.45. The van der Waals surface area contributed by atoms with E-state index in [1.54, 1.807) is 0 Å². The maximum atomic E-state index is 4.45. The molecule has 1 aliphatic carbocycles. The molecule has 0 bridgehead atoms. The highest BCUT2D eigenvalue weighted by Gasteiger charge is 2.24. The molecule has 2 aliphatic rings. The van der Waals surface area contributed by atoms with Gasteiger partial charge < -0.3 is 4.57 Å². The molecule has 1 unspecified atom stereocenters. The van der Waals surface area contributed by atoms with Crippen molar-refractivity contribution in [2.75, 3.05) is 13.1 Å². The van der Waals surface area contributed by atoms with Gasteiger partial charge in [-0.05, 0) is 38.3 Å². The molecule has 2 aromatic rings. The average Bonchev–Trinajstić information content (AvgIpc) is 3.28. The second kappa shape index (κ2) is 6.87. The van der Waals surface area contributed by atoms with E-state index in [0.29, 0.717) is 12.0 Å². The van der Waals surface area contributed by atoms with Gasteiger partial charge in [-0.1, -0.05) is 19.3 Å². The number of piperidine rings is 1. The topological polar surface area (TPSA) is 49.7 Å². The second-order valence-corrected chi connectivity index (χ2v) is 7.17. The van der Waals surface area contributed by atoms with Crippen LogP contribution >= 0.6 is 0 Å². The third-order valence-corrected chi connectivity index (χ3v) is 5.57. The van der Waals surface area contributed by atoms with Gasteiger partial charge in [-0.25, -0.2) is 4.98 Å². The molecule has 4 rings (SSSR count). The van der Waals surface area contributed by atoms with Gasteiger partial charge in [0.05, 0.1) is 12.0 Å². The lowest BCUT2D eigenvalue weighted by molar-refractivity contribution is 0.191. The summed E-state index contributed by atoms with van der Waals surface area (Å²) in [4.78, 5) is 7.04. The van der Waals surface area contributed by atoms with Crippen molar-refractivity contribution in [2.45, 2.75) is 63.5 Å². The molecule has 1 saturated carbocycles. The Morgan fingerprint density at radius 1 is 1.13 bits per heavy atom. The number of aromatic amines is 1. The molecular formula is C18H27N5. The number of rotatable bonds is 4. The van der Waals surface area contributed by atoms with Crippen molar-refractivity contribution in [3.8, 4) is 0 Å². The maximum Gasteiger partial charge on any atom is 0.0951 e. The van der Waals surface area contributed by atoms with Crippen LogP contribution in [0.2, 0.25) is 0 Å². The minimum absolute atomic E-state index is 0.595. The Labute approximate surface area is 138 Å². The van der Waals surface area contributed by atoms with E-state index in [0.717, 1.165) is 13.1 Å². The van der Waals surface area contributed by atoms with Crippen LogP contribution < -0.4 is 0 Å². The van der Waals surface area contributed by atoms with Gasteiger partial charge >= 0.3 is 0 Å². The van der Waals surface area contributed by atoms with E-state index in [-0.39, 0.29) is 0 Å². The summed E-state index contributed by atoms with van der Waals surface area (Å²) in [7, 11) is 0. The standard InChI is InChI=1S/C18H27N5/c1-2-6-16(7-3-1)23-14-19-11-17(23)13-22-10-4-5-15(12-22)18-8-9-20-21-18/h8-9,11,14-16H,1-7,10,12-13H2,(H,20,21). The Balaban J connectivity index is 1.43. The Morgan fingerprint density at radius 2 is 2.04 bits per heavy atom. The van der Waals surface area contributed by atoms with Gasteiger partial charge in [-0.2, -0.15) is 5.10 Å². The third-order valence-electron chi connectivity index (χ3n) is 5.57. The summed E-state index contributed by atoms with van der Waals surface area (Å²) in [5, 5.41) is 7.27. The van der Waals surface area contributed by atoms with Crippen LogP contribution in [0.25, 0.3) is 0 Å². The van der Waals surface area contributed by atoms with E-state index in [2.05, 4.69) is 43.2 Å². The largest absolute Gasteiger partial charge is 0.330 e. The van der Waals surface area contributed by atoms with Crippen molar-refractivity contribution in [1.82, 2.24) is 24.6 Å². The molecule has 23 heavy (non-hydrogen) atoms. The lowest BCUT2D eigenvalue weighted by Gasteiger charge is -2.33. The summed E-state index contributed by atoms with van der Waals surface area (Å²) in [6.45, 7) is 3.35. The highest BCUT2D eigenvalue weighted by molar-refractivity contribution is 5.08. The highest BCUT2D eigenvalue weighted by Crippen LogP contribution is 2.30. The van der Waals surface area contributed by atoms with Crippen LogP contribution in [0.3, 0.4) is 0 Å². The summed E-state index contributed by atoms with van der Waals surface area (Å²) in [5.74, 6) is 0.595. The zero-order chi connectivity index (χ0) is 15.5. The fraction of sp³-hybridized carbons (Fsp3) is 0.667. The molecule has 124 valence electrons. The van der Waals surface area contributed by atoms with E-state index in [4.69, 9.17) is 0 Å². The van der Waals surface area contributed by atoms with Crippen LogP contribution in [-0.4, -0.2) is 37.7 Å². The number of hydrogen-bond donors (Lipinski definition) is 1. The molecule has 5 heteroatoms. The second-order valence-electron chi connectivity index (χ2n) is 7.17. The molecule has 2 fully saturated rings. The Kier molecular flexibility index (Phi) is 4.46. The lowest BCUT2D eigenvalue weighted by Crippen LogP contribution is -2.34. The number of aromatic nitrogens is 4. The van der Waals surface area contributed by atoms with Gasteiger partial charge in [0.2, 0.25) is 0 Å². The van der Waals surface area contributed by atoms with Crippen LogP contribution in [0, 0.1) is 0 Å². The summed E-state index contributed by atoms with van der Waals surface area (Å²) < 4.78 is 2.46. The molecule has 2 aromatic heterocycles. The number of imidazole rings is 1. The Hall–Kier alpha value is -1.62. The molecule has 1 aliphatic heterocycles. The molecule has 1 atom stereocenters. The van der Waals surface area contributed by atoms with E-state index >= 15 is 0 Å². The van der Waals surface area contributed by atoms with E-state index < -0.39 is 0 Å². The van der Waals surface area contributed by atoms with Gasteiger partial charge in [0.25, 0.3) is 0 Å². The molecule has 5 nitrogen and oxygen atoms in total. The SMILES string of the molecule is c1cc(C2CCCN(Cc3cncn3C3CCCCC3)C2)[nH]n1. The molecule has 0 radical (unpaired) electrons. The van der Waals surface area contributed by atoms with Crippen molar-refractivity contribution >= 4 is 0 Å². The highest BCUT2D eigenvalue weighted by atomic mass is 15.2. The zero-order valence-corrected chi connectivity index (χ0v) is 13.8. The lowest BCUT2D eigenvalue weighted by atomic mass is 9.94. The van der Waals surface area contributed by atoms with Gasteiger partial charge in [0.1, 0.15) is 0 Å². The first-order valence-corrected chi connectivity index (χ1v) is 9.12. The summed E-state index contributed by atoms with van der Waals surface area (Å²) in [6, 6.07) is 2.80. The minimum atomic E-state index is 0.595. The predicted molar refractivity (Wildman–Crippen MR) is 90.2 cm³/mol. The van der Waals surface area contributed by atoms with Crippen molar-refractivity contribution in [1.29, 1.82) is 0 Å². The smallest absolute Gasteiger partial charge is 0.0951 e. The number of nitrogens with zero attached hydrogens (tertiary/aromatic N) is 4. The minimum Gasteiger partial charge on any atom is -0.330 e. The van der Waals surface area contributed by atoms with Gasteiger partial charge in [0.15, 0.2) is 0 Å². The number of H-pyrrole nitrogens is 1. The molecule has 1 saturated heterocycles. The Morgan fingerprint density at radius 3 is 2.87 bits per heavy atom. The van der Waals surface area contributed by atoms with Crippen LogP contribution in [0.1, 0.15) is 68.3 Å². The summed E-state index contributed by atoms with van der Waals surface area (Å²) >= 11 is 0. The fourth-order valence-electron chi connectivity index (χ4n) is 4.32. The van der Waals surface area contributed by atoms with Crippen LogP contribution in [0.15, 0.2) is 24.8 Å². The van der Waals surface area contributed by atoms with Crippen molar-refractivity contribution in [2.24, 2.45) is 0 Å². The quantitative estimate of drug-likeness (QED) is 0.940. The predicted octanol–water partition coefficient (Wildman–Crippen LogP) is 3.49. The molecular weight excluding hydrogens is 286 g/mol. The van der Waals surface area contributed by atoms with Gasteiger partial charge in [-0.15, -0.1) is 0 Å². The fourth-order valence-corrected chi connectivity index (χ4v) is 4.32. The van der Waals surface area contributed by atoms with Crippen LogP contribution in [0.4, 0.5) is 0 Å². The Bertz CT molecular complexity index is 597. The van der Waals surface area contributed by atoms with E-state index in [9.17, 15) is 0 Å². The summed E-state index contributed by atoms with van der Waals surface area (Å²) in [5.41, 5.74) is 2.68. The van der Waals surface area contributed by atoms with Crippen molar-refractivity contribution < 1.29 is 0 Å². The molecule has 3 heterocycles. The summed E-state index contributed by atoms with van der Waals surface area (Å²) in [6.07, 6.45) is 15.3. The number of hydrogen-bond acceptors (Lipinski definition) is 3. The van der Waals surface area contributed by atoms with Gasteiger partial charge in [-0.3, -0.25) is 10.00 Å². The van der Waals surface area contributed by atoms with E-state index in [1.165, 1.54) is 62.9 Å². The first-order valence-electron chi connectivity index (χ1n) is 9.12. The first-order chi connectivity index (χ1) is 11.4. The monoisotopic (exact) mass is 313 g/mol. The van der Waals surface area contributed by atoms with Crippen molar-refractivity contribution in [3.63, 3.8) is 0 Å². The van der Waals surface area contributed by atoms with Crippen LogP contribution in [0.5, 0.6) is 0 Å². The number of likely N-dealkylation sites (tertiary alicyclic amines) is 1. The zero-order valence-electron chi connectivity index (χ0n) is 13.8. The van der Waals surface area contributed by atoms with Gasteiger partial charge in [0, 0.05) is 43.1 Å². The average molecular weight is 313 g/mol. The van der Waals surface area contributed by atoms with Crippen molar-refractivity contribution in [3.05, 3.63) is 36.2 Å². The molecule has 1 N–H and O–H groups in total. The molecule has 0 aromatic carbocycles. The van der Waals surface area contributed by atoms with Crippen LogP contribution in [-0.2, 0) is 6.54 Å². The molecule has 0 spiro atoms. The third kappa shape index (κ3) is 3.34. The first kappa shape index (κ1) is 14.9. The number of nitrogens with one attached hydrogen (secondary N) is 1. The van der Waals surface area contributed by atoms with E-state index in [1.807, 2.05) is 6.20 Å². The molecule has 0 amide bonds.